The third-order valence-electron chi connectivity index (χ3n) is 17.1. The highest BCUT2D eigenvalue weighted by atomic mass is 32.2. The van der Waals surface area contributed by atoms with Gasteiger partial charge in [-0.1, -0.05) is 205 Å². The molecule has 4 aromatic heterocycles. The van der Waals surface area contributed by atoms with Crippen LogP contribution in [0.4, 0.5) is 0 Å². The Balaban J connectivity index is 0.995. The molecule has 11 rings (SSSR count). The largest absolute Gasteiger partial charge is 0.458 e. The number of hydrogen-bond acceptors (Lipinski definition) is 14. The van der Waals surface area contributed by atoms with Crippen LogP contribution < -0.4 is 10.7 Å². The second kappa shape index (κ2) is 20.6. The van der Waals surface area contributed by atoms with E-state index in [9.17, 15) is 10.5 Å². The molecule has 12 nitrogen and oxygen atoms in total. The zero-order chi connectivity index (χ0) is 57.1. The Morgan fingerprint density at radius 1 is 0.512 bits per heavy atom. The van der Waals surface area contributed by atoms with Gasteiger partial charge in [-0.25, -0.2) is 28.6 Å². The lowest BCUT2D eigenvalue weighted by Crippen LogP contribution is -2.49. The van der Waals surface area contributed by atoms with E-state index in [0.29, 0.717) is 45.5 Å². The lowest BCUT2D eigenvalue weighted by Gasteiger charge is -2.50. The van der Waals surface area contributed by atoms with Gasteiger partial charge in [-0.3, -0.25) is 0 Å². The number of nitrogens with zero attached hydrogens (tertiary/aromatic N) is 8. The van der Waals surface area contributed by atoms with Crippen molar-refractivity contribution in [2.75, 3.05) is 0 Å². The Labute approximate surface area is 486 Å². The van der Waals surface area contributed by atoms with Gasteiger partial charge in [0.05, 0.1) is 19.6 Å². The van der Waals surface area contributed by atoms with E-state index >= 15 is 9.59 Å². The summed E-state index contributed by atoms with van der Waals surface area (Å²) in [5.74, 6) is 1.12. The zero-order valence-electron chi connectivity index (χ0n) is 48.2. The molecule has 0 N–H and O–H groups in total. The minimum absolute atomic E-state index is 0.102. The number of fused-ring (bicyclic) bond motifs is 4. The number of rotatable bonds is 6. The Bertz CT molecular complexity index is 3500. The van der Waals surface area contributed by atoms with E-state index in [1.807, 2.05) is 60.7 Å². The van der Waals surface area contributed by atoms with Crippen LogP contribution in [0.15, 0.2) is 92.4 Å². The van der Waals surface area contributed by atoms with E-state index < -0.39 is 11.9 Å². The van der Waals surface area contributed by atoms with E-state index in [2.05, 4.69) is 121 Å². The van der Waals surface area contributed by atoms with Crippen LogP contribution in [0.25, 0.3) is 42.5 Å². The number of thioether (sulfide) groups is 4. The van der Waals surface area contributed by atoms with Crippen molar-refractivity contribution < 1.29 is 19.1 Å². The number of esters is 2. The number of hydrogen-bond donors (Lipinski definition) is 0. The molecule has 2 aliphatic heterocycles. The molecular weight excluding hydrogens is 1070 g/mol. The molecule has 0 amide bonds. The summed E-state index contributed by atoms with van der Waals surface area (Å²) in [6, 6.07) is 28.5. The molecule has 0 saturated heterocycles. The standard InChI is InChI=1S/C64H70N8O4S4/c1-33-25-39(61(3,4)5)51(40(26-33)62(6,7)8)75-57(73)47-37(31-65)49(71-55(47)67-53(69-71)35-21-17-15-18-22-35)59-77-43-29-45-46(30-44(43)78-59)80-60(79-45)50-38(32-66)48(56-68-54(70-72(50)56)36-23-19-16-20-24-36)58(74)76-52-41(63(9,10)11)27-34(2)28-42(52)64(12,13)14/h15-24,29-30,33-34,39-42,51-52H,25-28H2,1-14H3. The number of carbonyl (C=O) groups excluding carboxylic acids is 2. The Kier molecular flexibility index (Phi) is 14.4. The number of carbonyl (C=O) groups is 2. The van der Waals surface area contributed by atoms with Crippen molar-refractivity contribution in [1.29, 1.82) is 10.5 Å². The molecule has 414 valence electrons. The van der Waals surface area contributed by atoms with Crippen LogP contribution in [0.1, 0.15) is 154 Å². The van der Waals surface area contributed by atoms with E-state index in [-0.39, 0.29) is 79.8 Å². The van der Waals surface area contributed by atoms with Crippen LogP contribution >= 0.6 is 47.0 Å². The van der Waals surface area contributed by atoms with Crippen molar-refractivity contribution in [2.24, 2.45) is 57.2 Å². The summed E-state index contributed by atoms with van der Waals surface area (Å²) >= 11 is 6.10. The van der Waals surface area contributed by atoms with E-state index in [4.69, 9.17) is 29.6 Å². The fourth-order valence-corrected chi connectivity index (χ4v) is 18.3. The fraction of sp³-hybridized carbons (Fsp3) is 0.469. The summed E-state index contributed by atoms with van der Waals surface area (Å²) < 4.78 is 18.5. The van der Waals surface area contributed by atoms with Crippen LogP contribution in [0, 0.1) is 79.8 Å². The number of nitriles is 2. The first-order valence-electron chi connectivity index (χ1n) is 27.9. The van der Waals surface area contributed by atoms with Gasteiger partial charge < -0.3 is 9.47 Å². The molecule has 0 bridgehead atoms. The van der Waals surface area contributed by atoms with Crippen LogP contribution in [0.5, 0.6) is 0 Å². The summed E-state index contributed by atoms with van der Waals surface area (Å²) in [6.45, 7) is 31.4. The van der Waals surface area contributed by atoms with Crippen LogP contribution in [-0.4, -0.2) is 53.3 Å². The second-order valence-electron chi connectivity index (χ2n) is 27.0. The molecule has 0 radical (unpaired) electrons. The first-order chi connectivity index (χ1) is 37.7. The first-order valence-corrected chi connectivity index (χ1v) is 31.2. The van der Waals surface area contributed by atoms with Gasteiger partial charge in [0.2, 0.25) is 0 Å². The van der Waals surface area contributed by atoms with E-state index in [1.54, 1.807) is 9.03 Å². The maximum atomic E-state index is 15.1. The van der Waals surface area contributed by atoms with Crippen LogP contribution in [-0.2, 0) is 9.47 Å². The van der Waals surface area contributed by atoms with Gasteiger partial charge in [-0.2, -0.15) is 10.5 Å². The number of benzene rings is 3. The predicted octanol–water partition coefficient (Wildman–Crippen LogP) is 14.8. The summed E-state index contributed by atoms with van der Waals surface area (Å²) in [6.07, 6.45) is 3.00. The highest BCUT2D eigenvalue weighted by Crippen LogP contribution is 2.60. The number of ether oxygens (including phenoxy) is 2. The van der Waals surface area contributed by atoms with Gasteiger partial charge in [0.1, 0.15) is 46.2 Å². The molecule has 0 spiro atoms. The third-order valence-corrected chi connectivity index (χ3v) is 22.1. The monoisotopic (exact) mass is 1140 g/mol. The van der Waals surface area contributed by atoms with Crippen molar-refractivity contribution >= 4 is 78.8 Å². The molecule has 2 saturated carbocycles. The maximum absolute atomic E-state index is 15.1. The molecule has 3 aromatic carbocycles. The Morgan fingerprint density at radius 3 is 1.09 bits per heavy atom. The lowest BCUT2D eigenvalue weighted by molar-refractivity contribution is -0.0928. The average Bonchev–Trinajstić information content (AvgIpc) is 4.29. The van der Waals surface area contributed by atoms with Crippen molar-refractivity contribution in [2.45, 2.75) is 154 Å². The molecule has 4 unspecified atom stereocenters. The first kappa shape index (κ1) is 56.1. The van der Waals surface area contributed by atoms with Gasteiger partial charge in [0.15, 0.2) is 22.9 Å². The lowest BCUT2D eigenvalue weighted by atomic mass is 9.59. The van der Waals surface area contributed by atoms with Crippen molar-refractivity contribution in [3.05, 3.63) is 106 Å². The predicted molar refractivity (Wildman–Crippen MR) is 320 cm³/mol. The van der Waals surface area contributed by atoms with Gasteiger partial charge in [-0.15, -0.1) is 10.2 Å². The smallest absolute Gasteiger partial charge is 0.343 e. The number of aromatic nitrogens is 6. The van der Waals surface area contributed by atoms with Crippen LogP contribution in [0.2, 0.25) is 0 Å². The van der Waals surface area contributed by atoms with Gasteiger partial charge >= 0.3 is 11.9 Å². The van der Waals surface area contributed by atoms with Gasteiger partial charge in [0, 0.05) is 54.4 Å². The topological polar surface area (TPSA) is 161 Å². The fourth-order valence-electron chi connectivity index (χ4n) is 12.9. The van der Waals surface area contributed by atoms with E-state index in [1.165, 1.54) is 47.0 Å². The van der Waals surface area contributed by atoms with Crippen molar-refractivity contribution in [3.8, 4) is 34.9 Å². The molecule has 80 heavy (non-hydrogen) atoms. The molecule has 4 aliphatic rings. The van der Waals surface area contributed by atoms with E-state index in [0.717, 1.165) is 64.9 Å². The normalized spacial score (nSPS) is 23.5. The summed E-state index contributed by atoms with van der Waals surface area (Å²) in [5.41, 5.74) is 2.25. The maximum Gasteiger partial charge on any atom is 0.343 e. The highest BCUT2D eigenvalue weighted by Gasteiger charge is 2.50. The van der Waals surface area contributed by atoms with Gasteiger partial charge in [0.25, 0.3) is 0 Å². The minimum Gasteiger partial charge on any atom is -0.458 e. The van der Waals surface area contributed by atoms with Crippen LogP contribution in [0.3, 0.4) is 0 Å². The summed E-state index contributed by atoms with van der Waals surface area (Å²) in [7, 11) is 0. The van der Waals surface area contributed by atoms with Crippen molar-refractivity contribution in [3.63, 3.8) is 0 Å². The molecular formula is C64H70N8O4S4. The molecule has 7 aromatic rings. The summed E-state index contributed by atoms with van der Waals surface area (Å²) in [5, 5.41) is 33.4. The third kappa shape index (κ3) is 10.1. The minimum atomic E-state index is -0.557. The highest BCUT2D eigenvalue weighted by molar-refractivity contribution is 8.33. The molecule has 2 fully saturated rings. The Hall–Kier alpha value is -5.78. The Morgan fingerprint density at radius 2 is 0.812 bits per heavy atom. The molecule has 6 heterocycles. The molecule has 2 aliphatic carbocycles. The zero-order valence-corrected chi connectivity index (χ0v) is 51.5. The molecule has 16 heteroatoms. The second-order valence-corrected chi connectivity index (χ2v) is 31.7. The van der Waals surface area contributed by atoms with Gasteiger partial charge in [-0.05, 0) is 71.3 Å². The molecule has 4 atom stereocenters. The quantitative estimate of drug-likeness (QED) is 0.145. The summed E-state index contributed by atoms with van der Waals surface area (Å²) in [4.78, 5) is 44.1. The average molecular weight is 1140 g/mol. The van der Waals surface area contributed by atoms with Crippen molar-refractivity contribution in [1.82, 2.24) is 29.2 Å². The SMILES string of the molecule is CC1CC(C(C)(C)C)C(OC(=O)c2c(C#N)c(=C3Sc4cc5c(cc4S3)SC(=c3c(C#N)c(C(=O)OC4C(C(C)(C)C)CC(C)CC4C(C)(C)C)c4nc(-c6ccccc6)nn34)S5)n3nc(-c4ccccc4)nc23)C(C(C)(C)C)C1.